The van der Waals surface area contributed by atoms with Crippen molar-refractivity contribution >= 4 is 5.78 Å². The zero-order valence-electron chi connectivity index (χ0n) is 12.3. The van der Waals surface area contributed by atoms with Gasteiger partial charge in [0.05, 0.1) is 0 Å². The minimum absolute atomic E-state index is 0.0414. The third-order valence-electron chi connectivity index (χ3n) is 4.25. The molecule has 2 heteroatoms. The quantitative estimate of drug-likeness (QED) is 0.732. The van der Waals surface area contributed by atoms with Crippen LogP contribution in [-0.2, 0) is 4.79 Å². The molecule has 0 N–H and O–H groups in total. The van der Waals surface area contributed by atoms with Gasteiger partial charge in [0, 0.05) is 17.9 Å². The van der Waals surface area contributed by atoms with E-state index in [2.05, 4.69) is 39.5 Å². The van der Waals surface area contributed by atoms with Gasteiger partial charge in [-0.2, -0.15) is 0 Å². The highest BCUT2D eigenvalue weighted by atomic mass is 16.1. The fraction of sp³-hybridized carbons (Fsp3) is 0.933. The summed E-state index contributed by atoms with van der Waals surface area (Å²) in [6.45, 7) is 13.2. The van der Waals surface area contributed by atoms with Crippen LogP contribution in [0.25, 0.3) is 0 Å². The van der Waals surface area contributed by atoms with E-state index in [1.165, 1.54) is 0 Å². The molecule has 0 aromatic heterocycles. The van der Waals surface area contributed by atoms with Crippen LogP contribution in [0.4, 0.5) is 0 Å². The first-order valence-electron chi connectivity index (χ1n) is 7.12. The highest BCUT2D eigenvalue weighted by molar-refractivity contribution is 5.84. The van der Waals surface area contributed by atoms with Crippen LogP contribution in [0.3, 0.4) is 0 Å². The van der Waals surface area contributed by atoms with Crippen LogP contribution in [0.5, 0.6) is 0 Å². The number of carbonyl (C=O) groups is 1. The van der Waals surface area contributed by atoms with Crippen LogP contribution in [0.1, 0.15) is 60.3 Å². The largest absolute Gasteiger partial charge is 0.301 e. The van der Waals surface area contributed by atoms with Crippen LogP contribution in [0, 0.1) is 11.3 Å². The van der Waals surface area contributed by atoms with E-state index in [9.17, 15) is 4.79 Å². The second kappa shape index (κ2) is 5.99. The summed E-state index contributed by atoms with van der Waals surface area (Å²) in [5.74, 6) is 1.13. The molecule has 0 atom stereocenters. The van der Waals surface area contributed by atoms with E-state index in [-0.39, 0.29) is 5.41 Å². The molecule has 1 saturated heterocycles. The standard InChI is InChI=1S/C15H29NO/c1-12(2)6-7-14(17)15(5)8-10-16(11-9-15)13(3)4/h12-13H,6-11H2,1-5H3. The summed E-state index contributed by atoms with van der Waals surface area (Å²) in [6.07, 6.45) is 3.91. The Morgan fingerprint density at radius 2 is 1.71 bits per heavy atom. The molecule has 0 radical (unpaired) electrons. The average molecular weight is 239 g/mol. The monoisotopic (exact) mass is 239 g/mol. The van der Waals surface area contributed by atoms with E-state index in [0.717, 1.165) is 38.8 Å². The van der Waals surface area contributed by atoms with Crippen molar-refractivity contribution in [3.8, 4) is 0 Å². The number of likely N-dealkylation sites (tertiary alicyclic amines) is 1. The van der Waals surface area contributed by atoms with Crippen molar-refractivity contribution in [3.63, 3.8) is 0 Å². The van der Waals surface area contributed by atoms with E-state index >= 15 is 0 Å². The van der Waals surface area contributed by atoms with Gasteiger partial charge in [-0.3, -0.25) is 4.79 Å². The Labute approximate surface area is 107 Å². The second-order valence-corrected chi connectivity index (χ2v) is 6.55. The minimum Gasteiger partial charge on any atom is -0.301 e. The Kier molecular flexibility index (Phi) is 5.18. The number of nitrogens with zero attached hydrogens (tertiary/aromatic N) is 1. The molecule has 1 aliphatic rings. The Morgan fingerprint density at radius 1 is 1.18 bits per heavy atom. The molecule has 1 fully saturated rings. The number of rotatable bonds is 5. The normalized spacial score (nSPS) is 21.1. The first-order chi connectivity index (χ1) is 7.85. The molecule has 0 saturated carbocycles. The van der Waals surface area contributed by atoms with Crippen molar-refractivity contribution in [3.05, 3.63) is 0 Å². The lowest BCUT2D eigenvalue weighted by atomic mass is 9.74. The number of hydrogen-bond donors (Lipinski definition) is 0. The predicted octanol–water partition coefficient (Wildman–Crippen LogP) is 3.50. The van der Waals surface area contributed by atoms with Gasteiger partial charge in [0.15, 0.2) is 0 Å². The molecular weight excluding hydrogens is 210 g/mol. The molecule has 0 aromatic rings. The lowest BCUT2D eigenvalue weighted by Crippen LogP contribution is -2.45. The third kappa shape index (κ3) is 4.09. The highest BCUT2D eigenvalue weighted by Gasteiger charge is 2.36. The van der Waals surface area contributed by atoms with Crippen molar-refractivity contribution < 1.29 is 4.79 Å². The fourth-order valence-corrected chi connectivity index (χ4v) is 2.53. The van der Waals surface area contributed by atoms with Gasteiger partial charge in [0.2, 0.25) is 0 Å². The topological polar surface area (TPSA) is 20.3 Å². The van der Waals surface area contributed by atoms with E-state index in [0.29, 0.717) is 17.7 Å². The molecule has 100 valence electrons. The van der Waals surface area contributed by atoms with Gasteiger partial charge in [-0.1, -0.05) is 20.8 Å². The lowest BCUT2D eigenvalue weighted by molar-refractivity contribution is -0.131. The Morgan fingerprint density at radius 3 is 2.12 bits per heavy atom. The highest BCUT2D eigenvalue weighted by Crippen LogP contribution is 2.34. The number of Topliss-reactive ketones (excluding diaryl/α,β-unsaturated/α-hetero) is 1. The van der Waals surface area contributed by atoms with Crippen molar-refractivity contribution in [1.29, 1.82) is 0 Å². The zero-order valence-corrected chi connectivity index (χ0v) is 12.3. The molecule has 0 aliphatic carbocycles. The van der Waals surface area contributed by atoms with Crippen LogP contribution >= 0.6 is 0 Å². The number of hydrogen-bond acceptors (Lipinski definition) is 2. The Hall–Kier alpha value is -0.370. The molecule has 1 aliphatic heterocycles. The van der Waals surface area contributed by atoms with Crippen LogP contribution in [0.2, 0.25) is 0 Å². The average Bonchev–Trinajstić information content (AvgIpc) is 2.26. The predicted molar refractivity (Wildman–Crippen MR) is 73.1 cm³/mol. The summed E-state index contributed by atoms with van der Waals surface area (Å²) in [5, 5.41) is 0. The zero-order chi connectivity index (χ0) is 13.1. The van der Waals surface area contributed by atoms with Gasteiger partial charge in [-0.15, -0.1) is 0 Å². The van der Waals surface area contributed by atoms with Crippen molar-refractivity contribution in [2.75, 3.05) is 13.1 Å². The molecule has 1 rings (SSSR count). The smallest absolute Gasteiger partial charge is 0.138 e. The van der Waals surface area contributed by atoms with Gasteiger partial charge >= 0.3 is 0 Å². The summed E-state index contributed by atoms with van der Waals surface area (Å²) >= 11 is 0. The number of piperidine rings is 1. The summed E-state index contributed by atoms with van der Waals surface area (Å²) in [5.41, 5.74) is -0.0414. The van der Waals surface area contributed by atoms with Gasteiger partial charge in [-0.25, -0.2) is 0 Å². The van der Waals surface area contributed by atoms with Gasteiger partial charge < -0.3 is 4.90 Å². The first kappa shape index (κ1) is 14.7. The molecule has 1 heterocycles. The van der Waals surface area contributed by atoms with Gasteiger partial charge in [0.1, 0.15) is 5.78 Å². The maximum absolute atomic E-state index is 12.3. The third-order valence-corrected chi connectivity index (χ3v) is 4.25. The summed E-state index contributed by atoms with van der Waals surface area (Å²) in [6, 6.07) is 0.616. The second-order valence-electron chi connectivity index (χ2n) is 6.55. The summed E-state index contributed by atoms with van der Waals surface area (Å²) in [7, 11) is 0. The molecule has 0 unspecified atom stereocenters. The van der Waals surface area contributed by atoms with Gasteiger partial charge in [0.25, 0.3) is 0 Å². The van der Waals surface area contributed by atoms with E-state index in [4.69, 9.17) is 0 Å². The number of ketones is 1. The molecule has 0 bridgehead atoms. The van der Waals surface area contributed by atoms with Crippen molar-refractivity contribution in [1.82, 2.24) is 4.90 Å². The summed E-state index contributed by atoms with van der Waals surface area (Å²) < 4.78 is 0. The molecule has 2 nitrogen and oxygen atoms in total. The SMILES string of the molecule is CC(C)CCC(=O)C1(C)CCN(C(C)C)CC1. The van der Waals surface area contributed by atoms with E-state index in [1.54, 1.807) is 0 Å². The minimum atomic E-state index is -0.0414. The van der Waals surface area contributed by atoms with Crippen LogP contribution in [0.15, 0.2) is 0 Å². The maximum Gasteiger partial charge on any atom is 0.138 e. The van der Waals surface area contributed by atoms with Gasteiger partial charge in [-0.05, 0) is 52.1 Å². The number of carbonyl (C=O) groups excluding carboxylic acids is 1. The summed E-state index contributed by atoms with van der Waals surface area (Å²) in [4.78, 5) is 14.8. The molecule has 0 spiro atoms. The first-order valence-corrected chi connectivity index (χ1v) is 7.12. The Bertz CT molecular complexity index is 250. The molecule has 17 heavy (non-hydrogen) atoms. The molecule has 0 amide bonds. The Balaban J connectivity index is 2.45. The van der Waals surface area contributed by atoms with E-state index < -0.39 is 0 Å². The van der Waals surface area contributed by atoms with Crippen LogP contribution < -0.4 is 0 Å². The van der Waals surface area contributed by atoms with Crippen LogP contribution in [-0.4, -0.2) is 29.8 Å². The van der Waals surface area contributed by atoms with Crippen molar-refractivity contribution in [2.24, 2.45) is 11.3 Å². The molecule has 0 aromatic carbocycles. The molecular formula is C15H29NO. The van der Waals surface area contributed by atoms with Crippen molar-refractivity contribution in [2.45, 2.75) is 66.3 Å². The maximum atomic E-state index is 12.3. The lowest BCUT2D eigenvalue weighted by Gasteiger charge is -2.40. The fourth-order valence-electron chi connectivity index (χ4n) is 2.53. The van der Waals surface area contributed by atoms with E-state index in [1.807, 2.05) is 0 Å².